The van der Waals surface area contributed by atoms with Crippen LogP contribution in [0.3, 0.4) is 0 Å². The molecule has 0 saturated heterocycles. The van der Waals surface area contributed by atoms with Crippen LogP contribution in [0.25, 0.3) is 0 Å². The fraction of sp³-hybridized carbons (Fsp3) is 0.385. The Hall–Kier alpha value is -3.10. The van der Waals surface area contributed by atoms with Crippen molar-refractivity contribution in [2.45, 2.75) is 38.4 Å². The van der Waals surface area contributed by atoms with E-state index in [0.717, 1.165) is 54.6 Å². The van der Waals surface area contributed by atoms with Crippen molar-refractivity contribution in [1.82, 2.24) is 15.2 Å². The molecule has 0 aliphatic heterocycles. The van der Waals surface area contributed by atoms with Crippen LogP contribution in [-0.4, -0.2) is 49.7 Å². The summed E-state index contributed by atoms with van der Waals surface area (Å²) in [6, 6.07) is 14.5. The van der Waals surface area contributed by atoms with Crippen LogP contribution in [0.5, 0.6) is 17.2 Å². The number of aromatic nitrogens is 1. The summed E-state index contributed by atoms with van der Waals surface area (Å²) in [6.45, 7) is 2.26. The lowest BCUT2D eigenvalue weighted by Crippen LogP contribution is -2.27. The van der Waals surface area contributed by atoms with Crippen molar-refractivity contribution in [2.24, 2.45) is 0 Å². The molecule has 34 heavy (non-hydrogen) atoms. The van der Waals surface area contributed by atoms with E-state index in [0.29, 0.717) is 18.3 Å². The Morgan fingerprint density at radius 2 is 1.74 bits per heavy atom. The lowest BCUT2D eigenvalue weighted by atomic mass is 10.1. The standard InChI is InChI=1S/C26H31N3O4S/c1-31-21-9-4-19(5-10-21)15-29(13-12-18-6-11-23(32-2)24(14-18)33-3)16-25-28-22(17-34-25)26(30)27-20-7-8-20/h4-6,9-11,14,17,20H,7-8,12-13,15-16H2,1-3H3,(H,27,30). The van der Waals surface area contributed by atoms with Crippen molar-refractivity contribution in [3.05, 3.63) is 69.7 Å². The van der Waals surface area contributed by atoms with Gasteiger partial charge >= 0.3 is 0 Å². The minimum absolute atomic E-state index is 0.0722. The number of carbonyl (C=O) groups excluding carboxylic acids is 1. The van der Waals surface area contributed by atoms with Crippen molar-refractivity contribution >= 4 is 17.2 Å². The first-order valence-electron chi connectivity index (χ1n) is 11.4. The summed E-state index contributed by atoms with van der Waals surface area (Å²) < 4.78 is 16.1. The van der Waals surface area contributed by atoms with Crippen LogP contribution >= 0.6 is 11.3 Å². The maximum atomic E-state index is 12.4. The number of ether oxygens (including phenoxy) is 3. The predicted molar refractivity (Wildman–Crippen MR) is 133 cm³/mol. The maximum Gasteiger partial charge on any atom is 0.270 e. The molecule has 1 fully saturated rings. The van der Waals surface area contributed by atoms with Crippen molar-refractivity contribution in [3.63, 3.8) is 0 Å². The van der Waals surface area contributed by atoms with Gasteiger partial charge in [0, 0.05) is 24.5 Å². The van der Waals surface area contributed by atoms with Crippen molar-refractivity contribution in [2.75, 3.05) is 27.9 Å². The first kappa shape index (κ1) is 24.0. The van der Waals surface area contributed by atoms with E-state index in [1.165, 1.54) is 22.5 Å². The van der Waals surface area contributed by atoms with Crippen molar-refractivity contribution < 1.29 is 19.0 Å². The van der Waals surface area contributed by atoms with Crippen molar-refractivity contribution in [1.29, 1.82) is 0 Å². The van der Waals surface area contributed by atoms with Gasteiger partial charge < -0.3 is 19.5 Å². The molecule has 1 saturated carbocycles. The number of hydrogen-bond acceptors (Lipinski definition) is 7. The average molecular weight is 482 g/mol. The number of amides is 1. The maximum absolute atomic E-state index is 12.4. The van der Waals surface area contributed by atoms with Gasteiger partial charge in [-0.1, -0.05) is 18.2 Å². The van der Waals surface area contributed by atoms with Crippen LogP contribution in [-0.2, 0) is 19.5 Å². The highest BCUT2D eigenvalue weighted by atomic mass is 32.1. The highest BCUT2D eigenvalue weighted by molar-refractivity contribution is 7.09. The normalized spacial score (nSPS) is 13.1. The molecule has 180 valence electrons. The molecule has 0 spiro atoms. The van der Waals surface area contributed by atoms with Crippen LogP contribution in [0.15, 0.2) is 47.8 Å². The summed E-state index contributed by atoms with van der Waals surface area (Å²) in [4.78, 5) is 19.3. The summed E-state index contributed by atoms with van der Waals surface area (Å²) >= 11 is 1.53. The van der Waals surface area contributed by atoms with Gasteiger partial charge in [-0.25, -0.2) is 4.98 Å². The Bertz CT molecular complexity index is 1100. The summed E-state index contributed by atoms with van der Waals surface area (Å²) in [5.74, 6) is 2.22. The number of thiazole rings is 1. The second-order valence-electron chi connectivity index (χ2n) is 8.37. The van der Waals surface area contributed by atoms with E-state index in [4.69, 9.17) is 14.2 Å². The molecule has 0 radical (unpaired) electrons. The molecule has 0 bridgehead atoms. The summed E-state index contributed by atoms with van der Waals surface area (Å²) in [5.41, 5.74) is 2.87. The van der Waals surface area contributed by atoms with Crippen LogP contribution in [0, 0.1) is 0 Å². The molecule has 8 heteroatoms. The molecule has 1 heterocycles. The predicted octanol–water partition coefficient (Wildman–Crippen LogP) is 4.31. The number of nitrogens with zero attached hydrogens (tertiary/aromatic N) is 2. The monoisotopic (exact) mass is 481 g/mol. The second-order valence-corrected chi connectivity index (χ2v) is 9.31. The molecular weight excluding hydrogens is 450 g/mol. The molecule has 1 N–H and O–H groups in total. The number of rotatable bonds is 12. The molecule has 1 amide bonds. The van der Waals surface area contributed by atoms with Gasteiger partial charge in [0.15, 0.2) is 11.5 Å². The highest BCUT2D eigenvalue weighted by Crippen LogP contribution is 2.28. The Balaban J connectivity index is 1.45. The summed E-state index contributed by atoms with van der Waals surface area (Å²) in [7, 11) is 4.96. The minimum atomic E-state index is -0.0722. The fourth-order valence-electron chi connectivity index (χ4n) is 3.69. The number of nitrogens with one attached hydrogen (secondary N) is 1. The molecule has 1 aliphatic rings. The lowest BCUT2D eigenvalue weighted by molar-refractivity contribution is 0.0946. The van der Waals surface area contributed by atoms with E-state index < -0.39 is 0 Å². The smallest absolute Gasteiger partial charge is 0.270 e. The van der Waals surface area contributed by atoms with Gasteiger partial charge in [-0.05, 0) is 54.7 Å². The minimum Gasteiger partial charge on any atom is -0.497 e. The van der Waals surface area contributed by atoms with Gasteiger partial charge in [0.2, 0.25) is 0 Å². The zero-order valence-corrected chi connectivity index (χ0v) is 20.7. The van der Waals surface area contributed by atoms with Gasteiger partial charge in [-0.15, -0.1) is 11.3 Å². The molecule has 0 atom stereocenters. The molecule has 2 aromatic carbocycles. The highest BCUT2D eigenvalue weighted by Gasteiger charge is 2.25. The third-order valence-electron chi connectivity index (χ3n) is 5.79. The molecule has 3 aromatic rings. The quantitative estimate of drug-likeness (QED) is 0.416. The summed E-state index contributed by atoms with van der Waals surface area (Å²) in [5, 5.41) is 5.80. The molecule has 7 nitrogen and oxygen atoms in total. The van der Waals surface area contributed by atoms with Crippen LogP contribution in [0.2, 0.25) is 0 Å². The third kappa shape index (κ3) is 6.48. The van der Waals surface area contributed by atoms with Gasteiger partial charge in [0.05, 0.1) is 27.9 Å². The third-order valence-corrected chi connectivity index (χ3v) is 6.62. The van der Waals surface area contributed by atoms with Gasteiger partial charge in [-0.3, -0.25) is 9.69 Å². The van der Waals surface area contributed by atoms with Gasteiger partial charge in [-0.2, -0.15) is 0 Å². The Labute approximate surface area is 204 Å². The molecule has 0 unspecified atom stereocenters. The molecule has 4 rings (SSSR count). The number of hydrogen-bond donors (Lipinski definition) is 1. The van der Waals surface area contributed by atoms with E-state index >= 15 is 0 Å². The van der Waals surface area contributed by atoms with E-state index in [1.54, 1.807) is 21.3 Å². The lowest BCUT2D eigenvalue weighted by Gasteiger charge is -2.22. The number of methoxy groups -OCH3 is 3. The Morgan fingerprint density at radius 3 is 2.41 bits per heavy atom. The van der Waals surface area contributed by atoms with E-state index in [9.17, 15) is 4.79 Å². The van der Waals surface area contributed by atoms with E-state index in [-0.39, 0.29) is 5.91 Å². The fourth-order valence-corrected chi connectivity index (χ4v) is 4.51. The van der Waals surface area contributed by atoms with Crippen molar-refractivity contribution in [3.8, 4) is 17.2 Å². The van der Waals surface area contributed by atoms with E-state index in [2.05, 4.69) is 33.4 Å². The van der Waals surface area contributed by atoms with E-state index in [1.807, 2.05) is 29.6 Å². The first-order valence-corrected chi connectivity index (χ1v) is 12.3. The zero-order valence-electron chi connectivity index (χ0n) is 19.9. The second kappa shape index (κ2) is 11.4. The number of carbonyl (C=O) groups is 1. The van der Waals surface area contributed by atoms with Crippen LogP contribution in [0.1, 0.15) is 39.5 Å². The average Bonchev–Trinajstić information content (AvgIpc) is 3.56. The largest absolute Gasteiger partial charge is 0.497 e. The molecule has 1 aromatic heterocycles. The molecule has 1 aliphatic carbocycles. The summed E-state index contributed by atoms with van der Waals surface area (Å²) in [6.07, 6.45) is 2.97. The zero-order chi connectivity index (χ0) is 23.9. The van der Waals surface area contributed by atoms with Gasteiger partial charge in [0.1, 0.15) is 16.5 Å². The Morgan fingerprint density at radius 1 is 1.00 bits per heavy atom. The first-order chi connectivity index (χ1) is 16.6. The Kier molecular flexibility index (Phi) is 8.03. The topological polar surface area (TPSA) is 72.9 Å². The molecular formula is C26H31N3O4S. The van der Waals surface area contributed by atoms with Crippen LogP contribution in [0.4, 0.5) is 0 Å². The number of benzene rings is 2. The van der Waals surface area contributed by atoms with Crippen LogP contribution < -0.4 is 19.5 Å². The SMILES string of the molecule is COc1ccc(CN(CCc2ccc(OC)c(OC)c2)Cc2nc(C(=O)NC3CC3)cs2)cc1. The van der Waals surface area contributed by atoms with Gasteiger partial charge in [0.25, 0.3) is 5.91 Å².